The van der Waals surface area contributed by atoms with Gasteiger partial charge in [-0.25, -0.2) is 9.36 Å². The second-order valence-corrected chi connectivity index (χ2v) is 7.30. The lowest BCUT2D eigenvalue weighted by molar-refractivity contribution is -0.137. The minimum Gasteiger partial charge on any atom is -0.494 e. The van der Waals surface area contributed by atoms with Crippen molar-refractivity contribution < 1.29 is 32.7 Å². The van der Waals surface area contributed by atoms with Crippen LogP contribution in [0.15, 0.2) is 72.8 Å². The number of para-hydroxylation sites is 1. The van der Waals surface area contributed by atoms with E-state index in [0.717, 1.165) is 18.2 Å². The van der Waals surface area contributed by atoms with Crippen molar-refractivity contribution in [2.24, 2.45) is 5.73 Å². The summed E-state index contributed by atoms with van der Waals surface area (Å²) in [5.41, 5.74) is 4.02. The molecular formula is C24H16F3N3O4. The highest BCUT2D eigenvalue weighted by molar-refractivity contribution is 6.22. The molecule has 2 amide bonds. The van der Waals surface area contributed by atoms with Crippen molar-refractivity contribution in [3.05, 3.63) is 95.1 Å². The molecule has 4 N–H and O–H groups in total. The van der Waals surface area contributed by atoms with Crippen molar-refractivity contribution in [1.82, 2.24) is 4.57 Å². The number of anilines is 1. The lowest BCUT2D eigenvalue weighted by Gasteiger charge is -2.10. The Labute approximate surface area is 190 Å². The predicted molar refractivity (Wildman–Crippen MR) is 118 cm³/mol. The standard InChI is InChI=1S/C24H16F3N3O4/c25-24(26,27)14-8-4-9-15(12-14)29-21(32)18-16-10-5-11-17(19(16)30(22(18)33)23(28)34)20(31)13-6-2-1-3-7-13/h1-12,33H,(H2,28,34)(H,29,32). The van der Waals surface area contributed by atoms with Crippen molar-refractivity contribution >= 4 is 34.3 Å². The van der Waals surface area contributed by atoms with Crippen LogP contribution in [0.2, 0.25) is 0 Å². The van der Waals surface area contributed by atoms with Gasteiger partial charge in [-0.15, -0.1) is 0 Å². The number of halogens is 3. The molecule has 0 fully saturated rings. The average Bonchev–Trinajstić information content (AvgIpc) is 3.11. The van der Waals surface area contributed by atoms with Gasteiger partial charge in [0.25, 0.3) is 5.91 Å². The maximum atomic E-state index is 13.1. The number of aromatic nitrogens is 1. The van der Waals surface area contributed by atoms with E-state index in [1.165, 1.54) is 24.3 Å². The number of ketones is 1. The molecule has 0 aliphatic carbocycles. The first-order chi connectivity index (χ1) is 16.1. The van der Waals surface area contributed by atoms with Crippen molar-refractivity contribution in [3.63, 3.8) is 0 Å². The molecule has 0 aliphatic heterocycles. The molecule has 0 saturated heterocycles. The lowest BCUT2D eigenvalue weighted by Crippen LogP contribution is -2.20. The van der Waals surface area contributed by atoms with Crippen molar-refractivity contribution in [1.29, 1.82) is 0 Å². The fraction of sp³-hybridized carbons (Fsp3) is 0.0417. The van der Waals surface area contributed by atoms with Crippen LogP contribution in [0, 0.1) is 0 Å². The summed E-state index contributed by atoms with van der Waals surface area (Å²) in [6, 6.07) is 15.1. The van der Waals surface area contributed by atoms with Crippen molar-refractivity contribution in [3.8, 4) is 5.88 Å². The number of amides is 2. The highest BCUT2D eigenvalue weighted by Gasteiger charge is 2.31. The summed E-state index contributed by atoms with van der Waals surface area (Å²) in [5.74, 6) is -2.33. The lowest BCUT2D eigenvalue weighted by atomic mass is 10.00. The molecule has 0 aliphatic rings. The van der Waals surface area contributed by atoms with E-state index in [-0.39, 0.29) is 22.2 Å². The van der Waals surface area contributed by atoms with E-state index < -0.39 is 40.9 Å². The van der Waals surface area contributed by atoms with Gasteiger partial charge in [0.1, 0.15) is 5.56 Å². The minimum absolute atomic E-state index is 0.00378. The summed E-state index contributed by atoms with van der Waals surface area (Å²) in [6.07, 6.45) is -4.63. The van der Waals surface area contributed by atoms with Gasteiger partial charge >= 0.3 is 12.2 Å². The molecule has 0 spiro atoms. The summed E-state index contributed by atoms with van der Waals surface area (Å²) < 4.78 is 39.7. The molecule has 0 bridgehead atoms. The highest BCUT2D eigenvalue weighted by Crippen LogP contribution is 2.35. The fourth-order valence-electron chi connectivity index (χ4n) is 3.66. The molecule has 4 rings (SSSR count). The van der Waals surface area contributed by atoms with Gasteiger partial charge in [0.2, 0.25) is 5.88 Å². The van der Waals surface area contributed by atoms with E-state index in [1.807, 2.05) is 0 Å². The zero-order chi connectivity index (χ0) is 24.6. The Morgan fingerprint density at radius 1 is 0.912 bits per heavy atom. The van der Waals surface area contributed by atoms with Gasteiger partial charge in [-0.3, -0.25) is 9.59 Å². The quantitative estimate of drug-likeness (QED) is 0.375. The topological polar surface area (TPSA) is 114 Å². The Kier molecular flexibility index (Phi) is 5.58. The highest BCUT2D eigenvalue weighted by atomic mass is 19.4. The number of nitrogens with zero attached hydrogens (tertiary/aromatic N) is 1. The number of hydrogen-bond donors (Lipinski definition) is 3. The molecular weight excluding hydrogens is 451 g/mol. The maximum absolute atomic E-state index is 13.1. The molecule has 1 aromatic heterocycles. The number of carbonyl (C=O) groups excluding carboxylic acids is 3. The predicted octanol–water partition coefficient (Wildman–Crippen LogP) is 4.78. The number of nitrogens with two attached hydrogens (primary N) is 1. The molecule has 0 saturated carbocycles. The van der Waals surface area contributed by atoms with Crippen LogP contribution in [0.3, 0.4) is 0 Å². The van der Waals surface area contributed by atoms with E-state index in [0.29, 0.717) is 10.1 Å². The number of primary amides is 1. The van der Waals surface area contributed by atoms with Crippen LogP contribution in [0.25, 0.3) is 10.9 Å². The number of alkyl halides is 3. The number of nitrogens with one attached hydrogen (secondary N) is 1. The third-order valence-electron chi connectivity index (χ3n) is 5.14. The Morgan fingerprint density at radius 3 is 2.24 bits per heavy atom. The molecule has 0 radical (unpaired) electrons. The second kappa shape index (κ2) is 8.39. The third kappa shape index (κ3) is 3.96. The molecule has 10 heteroatoms. The molecule has 0 unspecified atom stereocenters. The Morgan fingerprint density at radius 2 is 1.59 bits per heavy atom. The maximum Gasteiger partial charge on any atom is 0.416 e. The smallest absolute Gasteiger partial charge is 0.416 e. The summed E-state index contributed by atoms with van der Waals surface area (Å²) in [7, 11) is 0. The van der Waals surface area contributed by atoms with E-state index >= 15 is 0 Å². The zero-order valence-corrected chi connectivity index (χ0v) is 17.3. The first-order valence-corrected chi connectivity index (χ1v) is 9.84. The van der Waals surface area contributed by atoms with Gasteiger partial charge in [-0.2, -0.15) is 13.2 Å². The SMILES string of the molecule is NC(=O)n1c(O)c(C(=O)Nc2cccc(C(F)(F)F)c2)c2cccc(C(=O)c3ccccc3)c21. The first-order valence-electron chi connectivity index (χ1n) is 9.84. The van der Waals surface area contributed by atoms with E-state index in [9.17, 15) is 32.7 Å². The number of carbonyl (C=O) groups is 3. The fourth-order valence-corrected chi connectivity index (χ4v) is 3.66. The van der Waals surface area contributed by atoms with Crippen LogP contribution in [0.4, 0.5) is 23.7 Å². The number of rotatable bonds is 4. The monoisotopic (exact) mass is 467 g/mol. The van der Waals surface area contributed by atoms with Crippen LogP contribution in [0.5, 0.6) is 5.88 Å². The summed E-state index contributed by atoms with van der Waals surface area (Å²) in [6.45, 7) is 0. The van der Waals surface area contributed by atoms with Crippen LogP contribution in [-0.4, -0.2) is 27.4 Å². The third-order valence-corrected chi connectivity index (χ3v) is 5.14. The number of aromatic hydroxyl groups is 1. The Balaban J connectivity index is 1.85. The Hall–Kier alpha value is -4.60. The minimum atomic E-state index is -4.63. The van der Waals surface area contributed by atoms with Gasteiger partial charge in [0, 0.05) is 22.2 Å². The normalized spacial score (nSPS) is 11.4. The van der Waals surface area contributed by atoms with Crippen LogP contribution >= 0.6 is 0 Å². The van der Waals surface area contributed by atoms with Crippen LogP contribution < -0.4 is 11.1 Å². The van der Waals surface area contributed by atoms with Crippen LogP contribution in [0.1, 0.15) is 31.8 Å². The molecule has 172 valence electrons. The Bertz CT molecular complexity index is 1440. The van der Waals surface area contributed by atoms with Crippen molar-refractivity contribution in [2.45, 2.75) is 6.18 Å². The molecule has 1 heterocycles. The van der Waals surface area contributed by atoms with Gasteiger partial charge in [0.15, 0.2) is 5.78 Å². The molecule has 4 aromatic rings. The molecule has 3 aromatic carbocycles. The van der Waals surface area contributed by atoms with Crippen molar-refractivity contribution in [2.75, 3.05) is 5.32 Å². The summed E-state index contributed by atoms with van der Waals surface area (Å²) in [4.78, 5) is 38.2. The van der Waals surface area contributed by atoms with E-state index in [1.54, 1.807) is 30.3 Å². The number of fused-ring (bicyclic) bond motifs is 1. The van der Waals surface area contributed by atoms with Gasteiger partial charge in [-0.1, -0.05) is 48.5 Å². The van der Waals surface area contributed by atoms with Gasteiger partial charge < -0.3 is 16.2 Å². The second-order valence-electron chi connectivity index (χ2n) is 7.30. The number of benzene rings is 3. The molecule has 0 atom stereocenters. The van der Waals surface area contributed by atoms with E-state index in [4.69, 9.17) is 5.73 Å². The first kappa shape index (κ1) is 22.6. The largest absolute Gasteiger partial charge is 0.494 e. The average molecular weight is 467 g/mol. The van der Waals surface area contributed by atoms with Crippen LogP contribution in [-0.2, 0) is 6.18 Å². The molecule has 34 heavy (non-hydrogen) atoms. The molecule has 7 nitrogen and oxygen atoms in total. The van der Waals surface area contributed by atoms with Gasteiger partial charge in [0.05, 0.1) is 11.1 Å². The zero-order valence-electron chi connectivity index (χ0n) is 17.3. The summed E-state index contributed by atoms with van der Waals surface area (Å²) in [5, 5.41) is 13.0. The van der Waals surface area contributed by atoms with E-state index in [2.05, 4.69) is 5.32 Å². The van der Waals surface area contributed by atoms with Gasteiger partial charge in [-0.05, 0) is 24.3 Å². The number of hydrogen-bond acceptors (Lipinski definition) is 4. The summed E-state index contributed by atoms with van der Waals surface area (Å²) >= 11 is 0.